The van der Waals surface area contributed by atoms with Gasteiger partial charge in [-0.15, -0.1) is 5.10 Å². The maximum Gasteiger partial charge on any atom is 0.171 e. The van der Waals surface area contributed by atoms with E-state index in [4.69, 9.17) is 14.6 Å². The maximum absolute atomic E-state index is 9.29. The minimum atomic E-state index is -0.597. The fourth-order valence-corrected chi connectivity index (χ4v) is 3.04. The number of ether oxygens (including phenoxy) is 2. The largest absolute Gasteiger partial charge is 0.394 e. The number of aromatic nitrogens is 3. The predicted octanol–water partition coefficient (Wildman–Crippen LogP) is 0.727. The van der Waals surface area contributed by atoms with E-state index in [1.165, 1.54) is 0 Å². The average Bonchev–Trinajstić information content (AvgIpc) is 2.96. The molecule has 1 aromatic rings. The van der Waals surface area contributed by atoms with Gasteiger partial charge in [0.2, 0.25) is 0 Å². The van der Waals surface area contributed by atoms with Crippen LogP contribution >= 0.6 is 0 Å². The number of aliphatic hydroxyl groups excluding tert-OH is 2. The molecule has 0 saturated carbocycles. The number of hydrogen-bond donors (Lipinski definition) is 2. The van der Waals surface area contributed by atoms with Crippen molar-refractivity contribution in [3.63, 3.8) is 0 Å². The Labute approximate surface area is 117 Å². The maximum atomic E-state index is 9.29. The normalized spacial score (nSPS) is 34.5. The van der Waals surface area contributed by atoms with Gasteiger partial charge in [-0.05, 0) is 25.7 Å². The van der Waals surface area contributed by atoms with Gasteiger partial charge in [0, 0.05) is 12.8 Å². The summed E-state index contributed by atoms with van der Waals surface area (Å²) in [4.78, 5) is 0. The molecule has 0 aliphatic carbocycles. The first-order valence-corrected chi connectivity index (χ1v) is 7.23. The van der Waals surface area contributed by atoms with Crippen molar-refractivity contribution < 1.29 is 19.7 Å². The summed E-state index contributed by atoms with van der Waals surface area (Å²) < 4.78 is 13.8. The predicted molar refractivity (Wildman–Crippen MR) is 68.5 cm³/mol. The molecule has 2 N–H and O–H groups in total. The second-order valence-electron chi connectivity index (χ2n) is 5.54. The molecular weight excluding hydrogens is 262 g/mol. The molecule has 1 aromatic heterocycles. The fourth-order valence-electron chi connectivity index (χ4n) is 3.04. The van der Waals surface area contributed by atoms with Crippen LogP contribution in [0.15, 0.2) is 6.20 Å². The summed E-state index contributed by atoms with van der Waals surface area (Å²) in [6, 6.07) is 0. The van der Waals surface area contributed by atoms with Crippen LogP contribution in [0.1, 0.15) is 50.4 Å². The van der Waals surface area contributed by atoms with Gasteiger partial charge in [-0.3, -0.25) is 0 Å². The van der Waals surface area contributed by atoms with E-state index in [1.807, 2.05) is 0 Å². The topological polar surface area (TPSA) is 89.6 Å². The first-order chi connectivity index (χ1) is 9.74. The van der Waals surface area contributed by atoms with Crippen molar-refractivity contribution in [1.29, 1.82) is 0 Å². The van der Waals surface area contributed by atoms with Crippen molar-refractivity contribution in [1.82, 2.24) is 15.0 Å². The van der Waals surface area contributed by atoms with Gasteiger partial charge in [-0.1, -0.05) is 5.21 Å². The third-order valence-corrected chi connectivity index (χ3v) is 4.04. The lowest BCUT2D eigenvalue weighted by molar-refractivity contribution is -0.332. The molecule has 1 spiro atoms. The highest BCUT2D eigenvalue weighted by atomic mass is 16.7. The Kier molecular flexibility index (Phi) is 4.02. The van der Waals surface area contributed by atoms with E-state index in [2.05, 4.69) is 10.3 Å². The van der Waals surface area contributed by atoms with Crippen LogP contribution < -0.4 is 0 Å². The van der Waals surface area contributed by atoms with Crippen molar-refractivity contribution in [2.24, 2.45) is 0 Å². The molecule has 7 heteroatoms. The van der Waals surface area contributed by atoms with Crippen LogP contribution in [0.25, 0.3) is 0 Å². The Hall–Kier alpha value is -1.02. The minimum Gasteiger partial charge on any atom is -0.394 e. The molecule has 2 fully saturated rings. The Morgan fingerprint density at radius 3 is 2.75 bits per heavy atom. The molecule has 1 unspecified atom stereocenters. The van der Waals surface area contributed by atoms with Crippen LogP contribution in [-0.2, 0) is 16.1 Å². The first-order valence-electron chi connectivity index (χ1n) is 7.23. The minimum absolute atomic E-state index is 0.0355. The smallest absolute Gasteiger partial charge is 0.171 e. The fraction of sp³-hybridized carbons (Fsp3) is 0.846. The van der Waals surface area contributed by atoms with E-state index >= 15 is 0 Å². The summed E-state index contributed by atoms with van der Waals surface area (Å²) in [7, 11) is 0. The standard InChI is InChI=1S/C13H21N3O4/c17-8-10-7-16(15-14-10)12-4-2-6-13(20-12)5-1-3-11(9-18)19-13/h7,11-12,17-18H,1-6,8-9H2/t11-,12-,13?/m0/s1. The van der Waals surface area contributed by atoms with Crippen LogP contribution in [0.5, 0.6) is 0 Å². The van der Waals surface area contributed by atoms with Crippen molar-refractivity contribution in [3.8, 4) is 0 Å². The molecule has 0 aromatic carbocycles. The van der Waals surface area contributed by atoms with Gasteiger partial charge in [0.05, 0.1) is 25.5 Å². The summed E-state index contributed by atoms with van der Waals surface area (Å²) >= 11 is 0. The van der Waals surface area contributed by atoms with Crippen LogP contribution in [0.2, 0.25) is 0 Å². The Morgan fingerprint density at radius 2 is 2.05 bits per heavy atom. The highest BCUT2D eigenvalue weighted by Gasteiger charge is 2.43. The van der Waals surface area contributed by atoms with E-state index in [-0.39, 0.29) is 25.5 Å². The zero-order chi connectivity index (χ0) is 14.0. The molecule has 3 rings (SSSR count). The van der Waals surface area contributed by atoms with Crippen molar-refractivity contribution in [2.75, 3.05) is 6.61 Å². The molecule has 0 radical (unpaired) electrons. The third kappa shape index (κ3) is 2.71. The number of nitrogens with zero attached hydrogens (tertiary/aromatic N) is 3. The van der Waals surface area contributed by atoms with Gasteiger partial charge in [0.25, 0.3) is 0 Å². The molecule has 2 aliphatic rings. The molecule has 3 heterocycles. The van der Waals surface area contributed by atoms with Gasteiger partial charge in [0.15, 0.2) is 12.0 Å². The molecule has 7 nitrogen and oxygen atoms in total. The van der Waals surface area contributed by atoms with Crippen LogP contribution in [0.4, 0.5) is 0 Å². The van der Waals surface area contributed by atoms with Gasteiger partial charge in [0.1, 0.15) is 5.69 Å². The summed E-state index contributed by atoms with van der Waals surface area (Å²) in [6.07, 6.45) is 6.76. The van der Waals surface area contributed by atoms with E-state index in [0.29, 0.717) is 5.69 Å². The zero-order valence-corrected chi connectivity index (χ0v) is 11.4. The molecule has 112 valence electrons. The summed E-state index contributed by atoms with van der Waals surface area (Å²) in [5.41, 5.74) is 0.533. The molecule has 3 atom stereocenters. The van der Waals surface area contributed by atoms with Crippen molar-refractivity contribution in [3.05, 3.63) is 11.9 Å². The van der Waals surface area contributed by atoms with Crippen LogP contribution in [-0.4, -0.2) is 43.7 Å². The highest BCUT2D eigenvalue weighted by molar-refractivity contribution is 4.91. The second kappa shape index (κ2) is 5.77. The SMILES string of the molecule is OCc1cn([C@@H]2CCCC3(CCC[C@@H](CO)O3)O2)nn1. The molecular formula is C13H21N3O4. The average molecular weight is 283 g/mol. The lowest BCUT2D eigenvalue weighted by Gasteiger charge is -2.45. The summed E-state index contributed by atoms with van der Waals surface area (Å²) in [6.45, 7) is -0.0886. The zero-order valence-electron chi connectivity index (χ0n) is 11.4. The Balaban J connectivity index is 1.72. The molecule has 0 bridgehead atoms. The van der Waals surface area contributed by atoms with Crippen molar-refractivity contribution in [2.45, 2.75) is 63.3 Å². The Morgan fingerprint density at radius 1 is 1.25 bits per heavy atom. The van der Waals surface area contributed by atoms with Crippen LogP contribution in [0.3, 0.4) is 0 Å². The summed E-state index contributed by atoms with van der Waals surface area (Å²) in [5.74, 6) is -0.597. The highest BCUT2D eigenvalue weighted by Crippen LogP contribution is 2.41. The molecule has 0 amide bonds. The van der Waals surface area contributed by atoms with Gasteiger partial charge in [-0.25, -0.2) is 4.68 Å². The van der Waals surface area contributed by atoms with Gasteiger partial charge < -0.3 is 19.7 Å². The number of aliphatic hydroxyl groups is 2. The van der Waals surface area contributed by atoms with E-state index < -0.39 is 5.79 Å². The number of hydrogen-bond acceptors (Lipinski definition) is 6. The first kappa shape index (κ1) is 13.9. The molecule has 20 heavy (non-hydrogen) atoms. The van der Waals surface area contributed by atoms with Gasteiger partial charge >= 0.3 is 0 Å². The summed E-state index contributed by atoms with van der Waals surface area (Å²) in [5, 5.41) is 26.2. The van der Waals surface area contributed by atoms with Crippen LogP contribution in [0, 0.1) is 0 Å². The second-order valence-corrected chi connectivity index (χ2v) is 5.54. The number of rotatable bonds is 3. The molecule has 2 aliphatic heterocycles. The molecule has 2 saturated heterocycles. The lowest BCUT2D eigenvalue weighted by Crippen LogP contribution is -2.47. The van der Waals surface area contributed by atoms with Crippen molar-refractivity contribution >= 4 is 0 Å². The quantitative estimate of drug-likeness (QED) is 0.850. The Bertz CT molecular complexity index is 449. The van der Waals surface area contributed by atoms with E-state index in [0.717, 1.165) is 38.5 Å². The van der Waals surface area contributed by atoms with E-state index in [9.17, 15) is 5.11 Å². The van der Waals surface area contributed by atoms with Gasteiger partial charge in [-0.2, -0.15) is 0 Å². The third-order valence-electron chi connectivity index (χ3n) is 4.04. The lowest BCUT2D eigenvalue weighted by atomic mass is 9.94. The monoisotopic (exact) mass is 283 g/mol. The van der Waals surface area contributed by atoms with E-state index in [1.54, 1.807) is 10.9 Å².